The van der Waals surface area contributed by atoms with E-state index >= 15 is 0 Å². The fourth-order valence-electron chi connectivity index (χ4n) is 3.06. The van der Waals surface area contributed by atoms with Crippen LogP contribution in [0.15, 0.2) is 39.0 Å². The summed E-state index contributed by atoms with van der Waals surface area (Å²) in [5.74, 6) is -0.410. The number of ether oxygens (including phenoxy) is 1. The van der Waals surface area contributed by atoms with Gasteiger partial charge in [0.1, 0.15) is 5.25 Å². The number of hydrogen-bond donors (Lipinski definition) is 1. The maximum Gasteiger partial charge on any atom is 0.329 e. The first kappa shape index (κ1) is 22.3. The van der Waals surface area contributed by atoms with Crippen LogP contribution in [0, 0.1) is 10.1 Å². The number of thioether (sulfide) groups is 1. The fourth-order valence-corrected chi connectivity index (χ4v) is 4.07. The van der Waals surface area contributed by atoms with Crippen LogP contribution in [0.3, 0.4) is 0 Å². The quantitative estimate of drug-likeness (QED) is 0.238. The highest BCUT2D eigenvalue weighted by Gasteiger charge is 2.25. The summed E-state index contributed by atoms with van der Waals surface area (Å²) in [5, 5.41) is 10.9. The topological polar surface area (TPSA) is 142 Å². The van der Waals surface area contributed by atoms with E-state index in [4.69, 9.17) is 4.74 Å². The molecular formula is C19H21N5O6S. The summed E-state index contributed by atoms with van der Waals surface area (Å²) < 4.78 is 7.87. The molecule has 0 fully saturated rings. The molecule has 0 aliphatic carbocycles. The Balaban J connectivity index is 2.16. The number of nitrogens with one attached hydrogen (secondary N) is 1. The molecule has 0 amide bonds. The van der Waals surface area contributed by atoms with Crippen LogP contribution in [0.5, 0.6) is 0 Å². The Kier molecular flexibility index (Phi) is 6.59. The van der Waals surface area contributed by atoms with Crippen molar-refractivity contribution in [2.75, 3.05) is 6.61 Å². The number of non-ortho nitro benzene ring substituents is 1. The lowest BCUT2D eigenvalue weighted by Gasteiger charge is -2.14. The molecule has 12 heteroatoms. The van der Waals surface area contributed by atoms with Crippen LogP contribution in [-0.2, 0) is 23.1 Å². The van der Waals surface area contributed by atoms with Crippen LogP contribution in [0.2, 0.25) is 0 Å². The number of esters is 1. The minimum atomic E-state index is -0.632. The summed E-state index contributed by atoms with van der Waals surface area (Å²) in [6, 6.07) is 6.01. The zero-order valence-electron chi connectivity index (χ0n) is 17.2. The normalized spacial score (nSPS) is 12.1. The van der Waals surface area contributed by atoms with Crippen molar-refractivity contribution in [3.8, 4) is 0 Å². The Morgan fingerprint density at radius 1 is 1.35 bits per heavy atom. The number of hydrogen-bond acceptors (Lipinski definition) is 8. The number of aromatic amines is 1. The first-order valence-electron chi connectivity index (χ1n) is 9.52. The molecule has 31 heavy (non-hydrogen) atoms. The van der Waals surface area contributed by atoms with Crippen molar-refractivity contribution in [1.82, 2.24) is 19.1 Å². The van der Waals surface area contributed by atoms with Gasteiger partial charge >= 0.3 is 11.7 Å². The number of fused-ring (bicyclic) bond motifs is 1. The van der Waals surface area contributed by atoms with Crippen molar-refractivity contribution in [2.45, 2.75) is 37.2 Å². The minimum Gasteiger partial charge on any atom is -0.465 e. The van der Waals surface area contributed by atoms with Gasteiger partial charge in [-0.05, 0) is 18.9 Å². The molecule has 1 aromatic carbocycles. The maximum absolute atomic E-state index is 12.6. The smallest absolute Gasteiger partial charge is 0.329 e. The van der Waals surface area contributed by atoms with Crippen LogP contribution in [0.1, 0.15) is 25.8 Å². The van der Waals surface area contributed by atoms with Gasteiger partial charge < -0.3 is 9.30 Å². The summed E-state index contributed by atoms with van der Waals surface area (Å²) >= 11 is 1.12. The van der Waals surface area contributed by atoms with E-state index in [2.05, 4.69) is 9.97 Å². The zero-order chi connectivity index (χ0) is 22.7. The zero-order valence-corrected chi connectivity index (χ0v) is 18.0. The largest absolute Gasteiger partial charge is 0.465 e. The molecular weight excluding hydrogens is 426 g/mol. The van der Waals surface area contributed by atoms with E-state index in [1.54, 1.807) is 23.6 Å². The average Bonchev–Trinajstić information content (AvgIpc) is 3.09. The number of carbonyl (C=O) groups is 1. The number of nitrogens with zero attached hydrogens (tertiary/aromatic N) is 4. The first-order valence-corrected chi connectivity index (χ1v) is 10.4. The van der Waals surface area contributed by atoms with E-state index in [1.807, 2.05) is 6.92 Å². The molecule has 2 heterocycles. The predicted octanol–water partition coefficient (Wildman–Crippen LogP) is 1.81. The summed E-state index contributed by atoms with van der Waals surface area (Å²) in [6.45, 7) is 3.85. The SMILES string of the molecule is CCOC(=O)C(CC)Sc1nc2c(c(=O)[nH]c(=O)n2C)n1Cc1cccc([N+](=O)[O-])c1. The summed E-state index contributed by atoms with van der Waals surface area (Å²) in [5.41, 5.74) is -0.489. The van der Waals surface area contributed by atoms with E-state index in [0.717, 1.165) is 11.8 Å². The van der Waals surface area contributed by atoms with E-state index < -0.39 is 27.4 Å². The molecule has 3 aromatic rings. The minimum absolute atomic E-state index is 0.0844. The standard InChI is InChI=1S/C19H21N5O6S/c1-4-13(17(26)30-5-2)31-19-20-15-14(16(25)21-18(27)22(15)3)23(19)10-11-7-6-8-12(9-11)24(28)29/h6-9,13H,4-5,10H2,1-3H3,(H,21,25,27). The van der Waals surface area contributed by atoms with Crippen LogP contribution in [0.25, 0.3) is 11.2 Å². The van der Waals surface area contributed by atoms with Crippen molar-refractivity contribution in [3.05, 3.63) is 60.8 Å². The second-order valence-corrected chi connectivity index (χ2v) is 7.83. The summed E-state index contributed by atoms with van der Waals surface area (Å²) in [7, 11) is 1.47. The molecule has 0 radical (unpaired) electrons. The summed E-state index contributed by atoms with van der Waals surface area (Å²) in [4.78, 5) is 54.2. The predicted molar refractivity (Wildman–Crippen MR) is 114 cm³/mol. The number of nitro benzene ring substituents is 1. The number of H-pyrrole nitrogens is 1. The van der Waals surface area contributed by atoms with Crippen molar-refractivity contribution in [1.29, 1.82) is 0 Å². The Labute approximate surface area is 180 Å². The van der Waals surface area contributed by atoms with Gasteiger partial charge in [0.05, 0.1) is 18.1 Å². The highest BCUT2D eigenvalue weighted by atomic mass is 32.2. The lowest BCUT2D eigenvalue weighted by Crippen LogP contribution is -2.29. The second-order valence-electron chi connectivity index (χ2n) is 6.66. The van der Waals surface area contributed by atoms with Crippen LogP contribution in [0.4, 0.5) is 5.69 Å². The van der Waals surface area contributed by atoms with Crippen molar-refractivity contribution in [3.63, 3.8) is 0 Å². The molecule has 11 nitrogen and oxygen atoms in total. The molecule has 2 aromatic heterocycles. The number of rotatable bonds is 8. The molecule has 0 aliphatic rings. The molecule has 3 rings (SSSR count). The first-order chi connectivity index (χ1) is 14.8. The van der Waals surface area contributed by atoms with Gasteiger partial charge in [-0.1, -0.05) is 30.8 Å². The molecule has 0 bridgehead atoms. The van der Waals surface area contributed by atoms with Crippen molar-refractivity contribution >= 4 is 34.6 Å². The molecule has 0 saturated heterocycles. The van der Waals surface area contributed by atoms with Crippen LogP contribution in [-0.4, -0.2) is 41.9 Å². The summed E-state index contributed by atoms with van der Waals surface area (Å²) in [6.07, 6.45) is 0.457. The number of aromatic nitrogens is 4. The van der Waals surface area contributed by atoms with E-state index in [0.29, 0.717) is 17.1 Å². The Bertz CT molecular complexity index is 1260. The van der Waals surface area contributed by atoms with Crippen LogP contribution < -0.4 is 11.2 Å². The maximum atomic E-state index is 12.6. The van der Waals surface area contributed by atoms with Gasteiger partial charge in [-0.3, -0.25) is 29.3 Å². The highest BCUT2D eigenvalue weighted by molar-refractivity contribution is 8.00. The lowest BCUT2D eigenvalue weighted by molar-refractivity contribution is -0.384. The van der Waals surface area contributed by atoms with Gasteiger partial charge in [-0.2, -0.15) is 0 Å². The number of aryl methyl sites for hydroxylation is 1. The Morgan fingerprint density at radius 2 is 2.10 bits per heavy atom. The van der Waals surface area contributed by atoms with E-state index in [9.17, 15) is 24.5 Å². The lowest BCUT2D eigenvalue weighted by atomic mass is 10.2. The second kappa shape index (κ2) is 9.16. The van der Waals surface area contributed by atoms with Gasteiger partial charge in [0.15, 0.2) is 16.3 Å². The third kappa shape index (κ3) is 4.53. The molecule has 164 valence electrons. The highest BCUT2D eigenvalue weighted by Crippen LogP contribution is 2.29. The van der Waals surface area contributed by atoms with E-state index in [1.165, 1.54) is 23.7 Å². The number of benzene rings is 1. The molecule has 1 atom stereocenters. The fraction of sp³-hybridized carbons (Fsp3) is 0.368. The molecule has 1 unspecified atom stereocenters. The van der Waals surface area contributed by atoms with Crippen molar-refractivity contribution < 1.29 is 14.5 Å². The Hall–Kier alpha value is -3.41. The van der Waals surface area contributed by atoms with Gasteiger partial charge in [0.2, 0.25) is 0 Å². The third-order valence-electron chi connectivity index (χ3n) is 4.60. The molecule has 1 N–H and O–H groups in total. The monoisotopic (exact) mass is 447 g/mol. The number of imidazole rings is 1. The van der Waals surface area contributed by atoms with Gasteiger partial charge in [-0.15, -0.1) is 0 Å². The Morgan fingerprint density at radius 3 is 2.74 bits per heavy atom. The molecule has 0 saturated carbocycles. The van der Waals surface area contributed by atoms with Crippen LogP contribution >= 0.6 is 11.8 Å². The van der Waals surface area contributed by atoms with Gasteiger partial charge in [0.25, 0.3) is 11.2 Å². The van der Waals surface area contributed by atoms with Gasteiger partial charge in [0, 0.05) is 19.2 Å². The average molecular weight is 447 g/mol. The van der Waals surface area contributed by atoms with E-state index in [-0.39, 0.29) is 30.0 Å². The molecule has 0 aliphatic heterocycles. The van der Waals surface area contributed by atoms with Gasteiger partial charge in [-0.25, -0.2) is 9.78 Å². The number of nitro groups is 1. The third-order valence-corrected chi connectivity index (χ3v) is 5.93. The van der Waals surface area contributed by atoms with Crippen molar-refractivity contribution in [2.24, 2.45) is 7.05 Å². The number of carbonyl (C=O) groups excluding carboxylic acids is 1. The molecule has 0 spiro atoms.